The third-order valence-corrected chi connectivity index (χ3v) is 3.13. The lowest BCUT2D eigenvalue weighted by molar-refractivity contribution is 0.423. The summed E-state index contributed by atoms with van der Waals surface area (Å²) in [5.74, 6) is 0.930. The highest BCUT2D eigenvalue weighted by molar-refractivity contribution is 4.93. The summed E-state index contributed by atoms with van der Waals surface area (Å²) < 4.78 is 0. The lowest BCUT2D eigenvalue weighted by Gasteiger charge is -2.14. The monoisotopic (exact) mass is 194 g/mol. The van der Waals surface area contributed by atoms with Crippen LogP contribution in [-0.4, -0.2) is 12.6 Å². The highest BCUT2D eigenvalue weighted by atomic mass is 15.0. The Bertz CT molecular complexity index is 215. The molecule has 1 fully saturated rings. The van der Waals surface area contributed by atoms with Crippen LogP contribution in [-0.2, 0) is 0 Å². The van der Waals surface area contributed by atoms with Gasteiger partial charge in [-0.05, 0) is 45.6 Å². The third-order valence-electron chi connectivity index (χ3n) is 3.13. The molecule has 0 amide bonds. The summed E-state index contributed by atoms with van der Waals surface area (Å²) in [4.78, 5) is 0. The van der Waals surface area contributed by atoms with Crippen LogP contribution in [0.3, 0.4) is 0 Å². The van der Waals surface area contributed by atoms with E-state index in [0.29, 0.717) is 0 Å². The Morgan fingerprint density at radius 2 is 2.21 bits per heavy atom. The van der Waals surface area contributed by atoms with Crippen molar-refractivity contribution >= 4 is 0 Å². The Labute approximate surface area is 87.7 Å². The van der Waals surface area contributed by atoms with Gasteiger partial charge in [0.15, 0.2) is 0 Å². The van der Waals surface area contributed by atoms with Crippen LogP contribution in [0.5, 0.6) is 0 Å². The van der Waals surface area contributed by atoms with Gasteiger partial charge in [-0.25, -0.2) is 0 Å². The molecule has 0 saturated heterocycles. The summed E-state index contributed by atoms with van der Waals surface area (Å²) in [6.07, 6.45) is 4.78. The van der Waals surface area contributed by atoms with Crippen LogP contribution in [0, 0.1) is 22.7 Å². The summed E-state index contributed by atoms with van der Waals surface area (Å²) in [6.45, 7) is 7.36. The topological polar surface area (TPSA) is 35.8 Å². The van der Waals surface area contributed by atoms with Crippen LogP contribution in [0.25, 0.3) is 0 Å². The van der Waals surface area contributed by atoms with Crippen molar-refractivity contribution in [2.45, 2.75) is 52.5 Å². The first-order chi connectivity index (χ1) is 6.59. The molecule has 80 valence electrons. The van der Waals surface area contributed by atoms with E-state index in [1.54, 1.807) is 0 Å². The quantitative estimate of drug-likeness (QED) is 0.660. The zero-order valence-corrected chi connectivity index (χ0v) is 9.64. The average molecular weight is 194 g/mol. The van der Waals surface area contributed by atoms with E-state index >= 15 is 0 Å². The van der Waals surface area contributed by atoms with Crippen molar-refractivity contribution in [1.29, 1.82) is 5.26 Å². The number of hydrogen-bond donors (Lipinski definition) is 1. The van der Waals surface area contributed by atoms with E-state index in [9.17, 15) is 0 Å². The molecule has 1 aliphatic rings. The van der Waals surface area contributed by atoms with E-state index in [4.69, 9.17) is 5.26 Å². The van der Waals surface area contributed by atoms with Crippen molar-refractivity contribution in [2.75, 3.05) is 6.54 Å². The molecule has 0 aromatic carbocycles. The predicted octanol–water partition coefficient (Wildman–Crippen LogP) is 2.70. The second-order valence-corrected chi connectivity index (χ2v) is 5.06. The number of nitrogens with one attached hydrogen (secondary N) is 1. The van der Waals surface area contributed by atoms with E-state index in [1.807, 2.05) is 13.8 Å². The van der Waals surface area contributed by atoms with Crippen molar-refractivity contribution in [1.82, 2.24) is 5.32 Å². The van der Waals surface area contributed by atoms with Crippen LogP contribution < -0.4 is 5.32 Å². The largest absolute Gasteiger partial charge is 0.314 e. The fourth-order valence-electron chi connectivity index (χ4n) is 1.82. The normalized spacial score (nSPS) is 25.9. The number of nitrogens with zero attached hydrogens (tertiary/aromatic N) is 1. The molecule has 1 N–H and O–H groups in total. The van der Waals surface area contributed by atoms with E-state index in [1.165, 1.54) is 12.8 Å². The molecule has 14 heavy (non-hydrogen) atoms. The van der Waals surface area contributed by atoms with Gasteiger partial charge in [-0.2, -0.15) is 5.26 Å². The average Bonchev–Trinajstić information content (AvgIpc) is 2.91. The maximum absolute atomic E-state index is 8.82. The Kier molecular flexibility index (Phi) is 3.95. The SMILES string of the molecule is CCC1CC1NCCCC(C)(C)C#N. The van der Waals surface area contributed by atoms with Gasteiger partial charge in [-0.15, -0.1) is 0 Å². The first-order valence-corrected chi connectivity index (χ1v) is 5.73. The Morgan fingerprint density at radius 3 is 2.71 bits per heavy atom. The molecule has 0 aliphatic heterocycles. The number of rotatable bonds is 6. The standard InChI is InChI=1S/C12H22N2/c1-4-10-8-11(10)14-7-5-6-12(2,3)9-13/h10-11,14H,4-8H2,1-3H3. The molecule has 0 spiro atoms. The fraction of sp³-hybridized carbons (Fsp3) is 0.917. The smallest absolute Gasteiger partial charge is 0.0683 e. The molecule has 0 heterocycles. The van der Waals surface area contributed by atoms with Crippen LogP contribution in [0.4, 0.5) is 0 Å². The fourth-order valence-corrected chi connectivity index (χ4v) is 1.82. The lowest BCUT2D eigenvalue weighted by atomic mass is 9.90. The number of nitriles is 1. The lowest BCUT2D eigenvalue weighted by Crippen LogP contribution is -2.21. The predicted molar refractivity (Wildman–Crippen MR) is 58.8 cm³/mol. The second kappa shape index (κ2) is 4.79. The van der Waals surface area contributed by atoms with Gasteiger partial charge >= 0.3 is 0 Å². The molecule has 2 heteroatoms. The molecule has 1 rings (SSSR count). The van der Waals surface area contributed by atoms with Crippen molar-refractivity contribution in [3.8, 4) is 6.07 Å². The molecule has 0 radical (unpaired) electrons. The van der Waals surface area contributed by atoms with Gasteiger partial charge < -0.3 is 5.32 Å². The van der Waals surface area contributed by atoms with Crippen LogP contribution in [0.1, 0.15) is 46.5 Å². The minimum absolute atomic E-state index is 0.143. The van der Waals surface area contributed by atoms with Gasteiger partial charge in [0, 0.05) is 6.04 Å². The zero-order chi connectivity index (χ0) is 10.6. The highest BCUT2D eigenvalue weighted by Gasteiger charge is 2.34. The summed E-state index contributed by atoms with van der Waals surface area (Å²) in [6, 6.07) is 3.12. The third kappa shape index (κ3) is 3.67. The van der Waals surface area contributed by atoms with E-state index in [0.717, 1.165) is 31.3 Å². The maximum Gasteiger partial charge on any atom is 0.0683 e. The van der Waals surface area contributed by atoms with Crippen LogP contribution in [0.15, 0.2) is 0 Å². The van der Waals surface area contributed by atoms with E-state index < -0.39 is 0 Å². The Morgan fingerprint density at radius 1 is 1.50 bits per heavy atom. The zero-order valence-electron chi connectivity index (χ0n) is 9.64. The molecule has 0 aromatic rings. The van der Waals surface area contributed by atoms with Crippen LogP contribution >= 0.6 is 0 Å². The maximum atomic E-state index is 8.82. The van der Waals surface area contributed by atoms with Crippen molar-refractivity contribution in [3.63, 3.8) is 0 Å². The minimum atomic E-state index is -0.143. The van der Waals surface area contributed by atoms with Gasteiger partial charge in [0.2, 0.25) is 0 Å². The first-order valence-electron chi connectivity index (χ1n) is 5.73. The van der Waals surface area contributed by atoms with Gasteiger partial charge in [-0.1, -0.05) is 13.3 Å². The summed E-state index contributed by atoms with van der Waals surface area (Å²) in [5.41, 5.74) is -0.143. The van der Waals surface area contributed by atoms with Gasteiger partial charge in [0.05, 0.1) is 11.5 Å². The second-order valence-electron chi connectivity index (χ2n) is 5.06. The molecule has 1 aliphatic carbocycles. The summed E-state index contributed by atoms with van der Waals surface area (Å²) in [7, 11) is 0. The Hall–Kier alpha value is -0.550. The molecule has 2 nitrogen and oxygen atoms in total. The van der Waals surface area contributed by atoms with Crippen molar-refractivity contribution in [3.05, 3.63) is 0 Å². The molecular formula is C12H22N2. The van der Waals surface area contributed by atoms with Crippen LogP contribution in [0.2, 0.25) is 0 Å². The number of hydrogen-bond acceptors (Lipinski definition) is 2. The molecule has 0 aromatic heterocycles. The van der Waals surface area contributed by atoms with Gasteiger partial charge in [0.25, 0.3) is 0 Å². The Balaban J connectivity index is 1.98. The van der Waals surface area contributed by atoms with Gasteiger partial charge in [-0.3, -0.25) is 0 Å². The van der Waals surface area contributed by atoms with E-state index in [-0.39, 0.29) is 5.41 Å². The van der Waals surface area contributed by atoms with Crippen molar-refractivity contribution < 1.29 is 0 Å². The highest BCUT2D eigenvalue weighted by Crippen LogP contribution is 2.33. The van der Waals surface area contributed by atoms with Gasteiger partial charge in [0.1, 0.15) is 0 Å². The molecule has 2 atom stereocenters. The molecule has 1 saturated carbocycles. The van der Waals surface area contributed by atoms with E-state index in [2.05, 4.69) is 18.3 Å². The first kappa shape index (κ1) is 11.5. The minimum Gasteiger partial charge on any atom is -0.314 e. The summed E-state index contributed by atoms with van der Waals surface area (Å²) >= 11 is 0. The van der Waals surface area contributed by atoms with Crippen molar-refractivity contribution in [2.24, 2.45) is 11.3 Å². The molecule has 0 bridgehead atoms. The molecule has 2 unspecified atom stereocenters. The summed E-state index contributed by atoms with van der Waals surface area (Å²) in [5, 5.41) is 12.4. The molecular weight excluding hydrogens is 172 g/mol.